The van der Waals surface area contributed by atoms with Crippen LogP contribution in [-0.4, -0.2) is 16.7 Å². The van der Waals surface area contributed by atoms with Crippen molar-refractivity contribution in [3.63, 3.8) is 0 Å². The molecule has 1 aromatic carbocycles. The van der Waals surface area contributed by atoms with Crippen LogP contribution in [0.5, 0.6) is 0 Å². The number of hydrogen-bond acceptors (Lipinski definition) is 2. The number of rotatable bonds is 4. The second kappa shape index (κ2) is 5.65. The van der Waals surface area contributed by atoms with Crippen molar-refractivity contribution in [1.82, 2.24) is 5.32 Å². The molecule has 2 nitrogen and oxygen atoms in total. The van der Waals surface area contributed by atoms with Gasteiger partial charge < -0.3 is 10.4 Å². The predicted octanol–water partition coefficient (Wildman–Crippen LogP) is 3.20. The van der Waals surface area contributed by atoms with Gasteiger partial charge in [0.2, 0.25) is 0 Å². The van der Waals surface area contributed by atoms with Gasteiger partial charge in [0.15, 0.2) is 0 Å². The smallest absolute Gasteiger partial charge is 0.0943 e. The van der Waals surface area contributed by atoms with Crippen LogP contribution >= 0.6 is 0 Å². The van der Waals surface area contributed by atoms with Crippen molar-refractivity contribution >= 4 is 0 Å². The molecule has 0 fully saturated rings. The van der Waals surface area contributed by atoms with Gasteiger partial charge in [-0.3, -0.25) is 0 Å². The van der Waals surface area contributed by atoms with Gasteiger partial charge in [0.05, 0.1) is 6.10 Å². The summed E-state index contributed by atoms with van der Waals surface area (Å²) in [6, 6.07) is 8.20. The summed E-state index contributed by atoms with van der Waals surface area (Å²) in [6.45, 7) is 10.5. The van der Waals surface area contributed by atoms with Gasteiger partial charge in [-0.25, -0.2) is 0 Å². The van der Waals surface area contributed by atoms with E-state index in [0.29, 0.717) is 0 Å². The van der Waals surface area contributed by atoms with Gasteiger partial charge in [-0.05, 0) is 39.7 Å². The van der Waals surface area contributed by atoms with Crippen molar-refractivity contribution in [1.29, 1.82) is 0 Å². The average molecular weight is 235 g/mol. The van der Waals surface area contributed by atoms with Crippen molar-refractivity contribution in [2.45, 2.75) is 58.7 Å². The minimum Gasteiger partial charge on any atom is -0.387 e. The highest BCUT2D eigenvalue weighted by atomic mass is 16.3. The van der Waals surface area contributed by atoms with E-state index in [1.165, 1.54) is 5.56 Å². The summed E-state index contributed by atoms with van der Waals surface area (Å²) in [5.41, 5.74) is 2.23. The van der Waals surface area contributed by atoms with Crippen LogP contribution in [0, 0.1) is 6.92 Å². The fourth-order valence-electron chi connectivity index (χ4n) is 1.96. The molecule has 2 N–H and O–H groups in total. The Morgan fingerprint density at radius 1 is 1.18 bits per heavy atom. The van der Waals surface area contributed by atoms with E-state index in [9.17, 15) is 5.11 Å². The fraction of sp³-hybridized carbons (Fsp3) is 0.600. The fourth-order valence-corrected chi connectivity index (χ4v) is 1.96. The number of aliphatic hydroxyl groups is 1. The van der Waals surface area contributed by atoms with Gasteiger partial charge in [0.1, 0.15) is 0 Å². The quantitative estimate of drug-likeness (QED) is 0.840. The molecular weight excluding hydrogens is 210 g/mol. The minimum atomic E-state index is -0.445. The summed E-state index contributed by atoms with van der Waals surface area (Å²) in [5, 5.41) is 13.8. The van der Waals surface area contributed by atoms with Crippen LogP contribution < -0.4 is 5.32 Å². The molecule has 0 aliphatic carbocycles. The molecule has 96 valence electrons. The van der Waals surface area contributed by atoms with Gasteiger partial charge in [0, 0.05) is 11.6 Å². The zero-order valence-corrected chi connectivity index (χ0v) is 11.6. The molecule has 0 saturated heterocycles. The largest absolute Gasteiger partial charge is 0.387 e. The second-order valence-electron chi connectivity index (χ2n) is 5.76. The summed E-state index contributed by atoms with van der Waals surface area (Å²) in [6.07, 6.45) is 0.464. The molecular formula is C15H25NO. The highest BCUT2D eigenvalue weighted by Crippen LogP contribution is 2.21. The van der Waals surface area contributed by atoms with E-state index in [1.807, 2.05) is 24.3 Å². The lowest BCUT2D eigenvalue weighted by Crippen LogP contribution is -2.46. The molecule has 1 rings (SSSR count). The molecule has 0 aliphatic heterocycles. The average Bonchev–Trinajstić information content (AvgIpc) is 2.25. The van der Waals surface area contributed by atoms with Gasteiger partial charge >= 0.3 is 0 Å². The molecule has 0 saturated carbocycles. The predicted molar refractivity (Wildman–Crippen MR) is 73.1 cm³/mol. The Hall–Kier alpha value is -0.860. The van der Waals surface area contributed by atoms with Crippen LogP contribution in [0.15, 0.2) is 24.3 Å². The zero-order chi connectivity index (χ0) is 13.1. The monoisotopic (exact) mass is 235 g/mol. The molecule has 2 unspecified atom stereocenters. The summed E-state index contributed by atoms with van der Waals surface area (Å²) >= 11 is 0. The van der Waals surface area contributed by atoms with E-state index < -0.39 is 6.10 Å². The Labute approximate surface area is 105 Å². The molecule has 0 radical (unpaired) electrons. The van der Waals surface area contributed by atoms with Crippen LogP contribution in [0.1, 0.15) is 51.3 Å². The van der Waals surface area contributed by atoms with Crippen LogP contribution in [0.25, 0.3) is 0 Å². The van der Waals surface area contributed by atoms with Gasteiger partial charge in [-0.1, -0.05) is 36.8 Å². The van der Waals surface area contributed by atoms with Crippen molar-refractivity contribution in [3.05, 3.63) is 35.4 Å². The highest BCUT2D eigenvalue weighted by Gasteiger charge is 2.23. The maximum atomic E-state index is 10.4. The van der Waals surface area contributed by atoms with E-state index in [4.69, 9.17) is 0 Å². The molecule has 0 amide bonds. The first kappa shape index (κ1) is 14.2. The first-order chi connectivity index (χ1) is 7.83. The molecule has 2 heteroatoms. The summed E-state index contributed by atoms with van der Waals surface area (Å²) in [4.78, 5) is 0. The van der Waals surface area contributed by atoms with E-state index >= 15 is 0 Å². The van der Waals surface area contributed by atoms with E-state index in [0.717, 1.165) is 12.0 Å². The van der Waals surface area contributed by atoms with Gasteiger partial charge in [-0.15, -0.1) is 0 Å². The number of benzene rings is 1. The first-order valence-corrected chi connectivity index (χ1v) is 6.36. The van der Waals surface area contributed by atoms with Crippen molar-refractivity contribution in [3.8, 4) is 0 Å². The van der Waals surface area contributed by atoms with Gasteiger partial charge in [0.25, 0.3) is 0 Å². The van der Waals surface area contributed by atoms with Crippen LogP contribution in [-0.2, 0) is 0 Å². The maximum Gasteiger partial charge on any atom is 0.0943 e. The summed E-state index contributed by atoms with van der Waals surface area (Å²) < 4.78 is 0. The third-order valence-electron chi connectivity index (χ3n) is 2.86. The van der Waals surface area contributed by atoms with E-state index in [-0.39, 0.29) is 11.6 Å². The lowest BCUT2D eigenvalue weighted by Gasteiger charge is -2.31. The SMILES string of the molecule is CCC(NC(C)(C)C)C(O)c1ccc(C)cc1. The topological polar surface area (TPSA) is 32.3 Å². The second-order valence-corrected chi connectivity index (χ2v) is 5.76. The van der Waals surface area contributed by atoms with Crippen molar-refractivity contribution in [2.24, 2.45) is 0 Å². The van der Waals surface area contributed by atoms with Crippen LogP contribution in [0.4, 0.5) is 0 Å². The highest BCUT2D eigenvalue weighted by molar-refractivity contribution is 5.24. The summed E-state index contributed by atoms with van der Waals surface area (Å²) in [5.74, 6) is 0. The van der Waals surface area contributed by atoms with Crippen molar-refractivity contribution in [2.75, 3.05) is 0 Å². The Balaban J connectivity index is 2.78. The number of aliphatic hydroxyl groups excluding tert-OH is 1. The van der Waals surface area contributed by atoms with Gasteiger partial charge in [-0.2, -0.15) is 0 Å². The molecule has 2 atom stereocenters. The Bertz CT molecular complexity index is 337. The first-order valence-electron chi connectivity index (χ1n) is 6.36. The lowest BCUT2D eigenvalue weighted by molar-refractivity contribution is 0.111. The summed E-state index contributed by atoms with van der Waals surface area (Å²) in [7, 11) is 0. The molecule has 0 spiro atoms. The van der Waals surface area contributed by atoms with E-state index in [1.54, 1.807) is 0 Å². The number of hydrogen-bond donors (Lipinski definition) is 2. The molecule has 0 heterocycles. The van der Waals surface area contributed by atoms with E-state index in [2.05, 4.69) is 39.9 Å². The molecule has 0 aliphatic rings. The standard InChI is InChI=1S/C15H25NO/c1-6-13(16-15(3,4)5)14(17)12-9-7-11(2)8-10-12/h7-10,13-14,16-17H,6H2,1-5H3. The Morgan fingerprint density at radius 2 is 1.71 bits per heavy atom. The Kier molecular flexibility index (Phi) is 4.72. The Morgan fingerprint density at radius 3 is 2.12 bits per heavy atom. The zero-order valence-electron chi connectivity index (χ0n) is 11.6. The minimum absolute atomic E-state index is 0.0202. The molecule has 0 aromatic heterocycles. The number of nitrogens with one attached hydrogen (secondary N) is 1. The number of aryl methyl sites for hydroxylation is 1. The van der Waals surface area contributed by atoms with Crippen LogP contribution in [0.3, 0.4) is 0 Å². The normalized spacial score (nSPS) is 15.6. The maximum absolute atomic E-state index is 10.4. The molecule has 17 heavy (non-hydrogen) atoms. The van der Waals surface area contributed by atoms with Crippen LogP contribution in [0.2, 0.25) is 0 Å². The van der Waals surface area contributed by atoms with Crippen molar-refractivity contribution < 1.29 is 5.11 Å². The lowest BCUT2D eigenvalue weighted by atomic mass is 9.96. The third-order valence-corrected chi connectivity index (χ3v) is 2.86. The molecule has 1 aromatic rings. The molecule has 0 bridgehead atoms. The third kappa shape index (κ3) is 4.49.